The number of methoxy groups -OCH3 is 1. The molecule has 24 heavy (non-hydrogen) atoms. The van der Waals surface area contributed by atoms with Gasteiger partial charge in [-0.2, -0.15) is 4.98 Å². The molecule has 1 heterocycles. The van der Waals surface area contributed by atoms with Crippen molar-refractivity contribution in [1.29, 1.82) is 0 Å². The standard InChI is InChI=1S/C17H12Cl3N3O/c1-24-15-9-14(16-12(19)3-2-4-13(16)20)22-17(23-15)21-11-7-5-10(18)6-8-11/h2-9H,1H3,(H,21,22,23). The van der Waals surface area contributed by atoms with Crippen LogP contribution in [0.2, 0.25) is 15.1 Å². The van der Waals surface area contributed by atoms with Gasteiger partial charge in [-0.25, -0.2) is 4.98 Å². The molecule has 0 aliphatic heterocycles. The van der Waals surface area contributed by atoms with Gasteiger partial charge in [-0.3, -0.25) is 0 Å². The van der Waals surface area contributed by atoms with Crippen LogP contribution in [0.25, 0.3) is 11.3 Å². The predicted octanol–water partition coefficient (Wildman–Crippen LogP) is 5.86. The van der Waals surface area contributed by atoms with Gasteiger partial charge in [0.2, 0.25) is 11.8 Å². The Morgan fingerprint density at radius 3 is 2.21 bits per heavy atom. The summed E-state index contributed by atoms with van der Waals surface area (Å²) in [7, 11) is 1.53. The number of anilines is 2. The van der Waals surface area contributed by atoms with Gasteiger partial charge in [0.25, 0.3) is 0 Å². The van der Waals surface area contributed by atoms with Crippen LogP contribution in [-0.2, 0) is 0 Å². The summed E-state index contributed by atoms with van der Waals surface area (Å²) in [5.41, 5.74) is 1.98. The largest absolute Gasteiger partial charge is 0.481 e. The highest BCUT2D eigenvalue weighted by Crippen LogP contribution is 2.35. The summed E-state index contributed by atoms with van der Waals surface area (Å²) in [6.45, 7) is 0. The Balaban J connectivity index is 2.04. The Morgan fingerprint density at radius 1 is 0.917 bits per heavy atom. The van der Waals surface area contributed by atoms with Crippen LogP contribution in [0.15, 0.2) is 48.5 Å². The summed E-state index contributed by atoms with van der Waals surface area (Å²) in [5.74, 6) is 0.759. The zero-order valence-corrected chi connectivity index (χ0v) is 14.8. The van der Waals surface area contributed by atoms with Crippen LogP contribution >= 0.6 is 34.8 Å². The summed E-state index contributed by atoms with van der Waals surface area (Å²) >= 11 is 18.4. The topological polar surface area (TPSA) is 47.0 Å². The van der Waals surface area contributed by atoms with E-state index < -0.39 is 0 Å². The molecule has 0 bridgehead atoms. The summed E-state index contributed by atoms with van der Waals surface area (Å²) in [6, 6.07) is 14.2. The van der Waals surface area contributed by atoms with E-state index in [2.05, 4.69) is 15.3 Å². The minimum Gasteiger partial charge on any atom is -0.481 e. The summed E-state index contributed by atoms with van der Waals surface area (Å²) in [4.78, 5) is 8.78. The van der Waals surface area contributed by atoms with Gasteiger partial charge >= 0.3 is 0 Å². The van der Waals surface area contributed by atoms with E-state index in [1.807, 2.05) is 12.1 Å². The van der Waals surface area contributed by atoms with E-state index in [0.29, 0.717) is 38.2 Å². The van der Waals surface area contributed by atoms with E-state index in [1.165, 1.54) is 7.11 Å². The Bertz CT molecular complexity index is 849. The minimum absolute atomic E-state index is 0.364. The maximum absolute atomic E-state index is 6.27. The Kier molecular flexibility index (Phi) is 5.09. The monoisotopic (exact) mass is 379 g/mol. The summed E-state index contributed by atoms with van der Waals surface area (Å²) in [5, 5.41) is 4.76. The highest BCUT2D eigenvalue weighted by Gasteiger charge is 2.13. The SMILES string of the molecule is COc1cc(-c2c(Cl)cccc2Cl)nc(Nc2ccc(Cl)cc2)n1. The lowest BCUT2D eigenvalue weighted by atomic mass is 10.1. The smallest absolute Gasteiger partial charge is 0.231 e. The average Bonchev–Trinajstić information content (AvgIpc) is 2.56. The van der Waals surface area contributed by atoms with E-state index in [1.54, 1.807) is 36.4 Å². The third-order valence-corrected chi connectivity index (χ3v) is 4.11. The van der Waals surface area contributed by atoms with Crippen LogP contribution in [0.4, 0.5) is 11.6 Å². The van der Waals surface area contributed by atoms with E-state index in [9.17, 15) is 0 Å². The summed E-state index contributed by atoms with van der Waals surface area (Å²) in [6.07, 6.45) is 0. The van der Waals surface area contributed by atoms with Crippen molar-refractivity contribution in [3.8, 4) is 17.1 Å². The van der Waals surface area contributed by atoms with E-state index in [4.69, 9.17) is 39.5 Å². The molecule has 0 unspecified atom stereocenters. The van der Waals surface area contributed by atoms with Crippen LogP contribution in [0.3, 0.4) is 0 Å². The fraction of sp³-hybridized carbons (Fsp3) is 0.0588. The normalized spacial score (nSPS) is 10.5. The molecule has 0 saturated heterocycles. The first kappa shape index (κ1) is 16.8. The molecule has 3 rings (SSSR count). The summed E-state index contributed by atoms with van der Waals surface area (Å²) < 4.78 is 5.26. The number of nitrogens with one attached hydrogen (secondary N) is 1. The minimum atomic E-state index is 0.364. The van der Waals surface area contributed by atoms with Crippen molar-refractivity contribution in [3.63, 3.8) is 0 Å². The van der Waals surface area contributed by atoms with Crippen LogP contribution in [0.5, 0.6) is 5.88 Å². The molecule has 1 N–H and O–H groups in total. The number of benzene rings is 2. The number of aromatic nitrogens is 2. The first-order valence-electron chi connectivity index (χ1n) is 6.97. The molecule has 2 aromatic carbocycles. The Labute approximate surface area is 154 Å². The van der Waals surface area contributed by atoms with Crippen LogP contribution in [0, 0.1) is 0 Å². The van der Waals surface area contributed by atoms with Gasteiger partial charge in [0.1, 0.15) is 0 Å². The molecule has 0 atom stereocenters. The van der Waals surface area contributed by atoms with Gasteiger partial charge in [0.15, 0.2) is 0 Å². The Morgan fingerprint density at radius 2 is 1.58 bits per heavy atom. The van der Waals surface area contributed by atoms with Crippen molar-refractivity contribution >= 4 is 46.4 Å². The fourth-order valence-corrected chi connectivity index (χ4v) is 2.84. The second kappa shape index (κ2) is 7.26. The van der Waals surface area contributed by atoms with E-state index in [0.717, 1.165) is 5.69 Å². The number of rotatable bonds is 4. The lowest BCUT2D eigenvalue weighted by molar-refractivity contribution is 0.398. The molecule has 3 aromatic rings. The second-order valence-electron chi connectivity index (χ2n) is 4.85. The van der Waals surface area contributed by atoms with E-state index >= 15 is 0 Å². The molecular weight excluding hydrogens is 369 g/mol. The number of halogens is 3. The number of nitrogens with zero attached hydrogens (tertiary/aromatic N) is 2. The number of hydrogen-bond donors (Lipinski definition) is 1. The molecule has 1 aromatic heterocycles. The highest BCUT2D eigenvalue weighted by molar-refractivity contribution is 6.39. The maximum atomic E-state index is 6.27. The maximum Gasteiger partial charge on any atom is 0.231 e. The highest BCUT2D eigenvalue weighted by atomic mass is 35.5. The molecule has 122 valence electrons. The van der Waals surface area contributed by atoms with Gasteiger partial charge < -0.3 is 10.1 Å². The van der Waals surface area contributed by atoms with Crippen molar-refractivity contribution in [1.82, 2.24) is 9.97 Å². The van der Waals surface area contributed by atoms with Crippen LogP contribution in [0.1, 0.15) is 0 Å². The predicted molar refractivity (Wildman–Crippen MR) is 98.8 cm³/mol. The van der Waals surface area contributed by atoms with Gasteiger partial charge in [0, 0.05) is 22.3 Å². The number of ether oxygens (including phenoxy) is 1. The second-order valence-corrected chi connectivity index (χ2v) is 6.10. The molecular formula is C17H12Cl3N3O. The lowest BCUT2D eigenvalue weighted by Gasteiger charge is -2.11. The van der Waals surface area contributed by atoms with Crippen LogP contribution in [-0.4, -0.2) is 17.1 Å². The number of hydrogen-bond acceptors (Lipinski definition) is 4. The zero-order valence-electron chi connectivity index (χ0n) is 12.6. The van der Waals surface area contributed by atoms with Gasteiger partial charge in [0.05, 0.1) is 22.8 Å². The van der Waals surface area contributed by atoms with Crippen molar-refractivity contribution in [2.24, 2.45) is 0 Å². The van der Waals surface area contributed by atoms with Crippen LogP contribution < -0.4 is 10.1 Å². The molecule has 7 heteroatoms. The molecule has 0 radical (unpaired) electrons. The van der Waals surface area contributed by atoms with E-state index in [-0.39, 0.29) is 0 Å². The third-order valence-electron chi connectivity index (χ3n) is 3.23. The average molecular weight is 381 g/mol. The first-order valence-corrected chi connectivity index (χ1v) is 8.10. The van der Waals surface area contributed by atoms with Gasteiger partial charge in [-0.1, -0.05) is 40.9 Å². The van der Waals surface area contributed by atoms with Crippen molar-refractivity contribution in [2.75, 3.05) is 12.4 Å². The van der Waals surface area contributed by atoms with Gasteiger partial charge in [-0.15, -0.1) is 0 Å². The molecule has 0 aliphatic carbocycles. The van der Waals surface area contributed by atoms with Crippen molar-refractivity contribution in [3.05, 3.63) is 63.6 Å². The van der Waals surface area contributed by atoms with Crippen molar-refractivity contribution < 1.29 is 4.74 Å². The zero-order chi connectivity index (χ0) is 17.1. The molecule has 0 amide bonds. The molecule has 0 saturated carbocycles. The van der Waals surface area contributed by atoms with Crippen molar-refractivity contribution in [2.45, 2.75) is 0 Å². The lowest BCUT2D eigenvalue weighted by Crippen LogP contribution is -2.01. The first-order chi connectivity index (χ1) is 11.6. The quantitative estimate of drug-likeness (QED) is 0.616. The molecule has 0 fully saturated rings. The Hall–Kier alpha value is -2.01. The molecule has 0 aliphatic rings. The van der Waals surface area contributed by atoms with Gasteiger partial charge in [-0.05, 0) is 36.4 Å². The third kappa shape index (κ3) is 3.73. The molecule has 4 nitrogen and oxygen atoms in total. The molecule has 0 spiro atoms. The fourth-order valence-electron chi connectivity index (χ4n) is 2.12.